The fraction of sp³-hybridized carbons (Fsp3) is 0.836. The van der Waals surface area contributed by atoms with Crippen molar-refractivity contribution in [3.8, 4) is 0 Å². The summed E-state index contributed by atoms with van der Waals surface area (Å²) in [6.07, 6.45) is 45.3. The van der Waals surface area contributed by atoms with Crippen molar-refractivity contribution >= 4 is 17.8 Å². The number of ether oxygens (including phenoxy) is 3. The van der Waals surface area contributed by atoms with E-state index in [0.29, 0.717) is 38.6 Å². The molecule has 0 aromatic heterocycles. The Bertz CT molecular complexity index is 1120. The van der Waals surface area contributed by atoms with Gasteiger partial charge < -0.3 is 24.4 Å². The summed E-state index contributed by atoms with van der Waals surface area (Å²) in [4.78, 5) is 37.5. The average molecular weight is 887 g/mol. The monoisotopic (exact) mass is 887 g/mol. The number of carbonyl (C=O) groups is 3. The van der Waals surface area contributed by atoms with Crippen molar-refractivity contribution in [3.63, 3.8) is 0 Å². The number of likely N-dealkylation sites (tertiary alicyclic amines) is 1. The molecule has 1 fully saturated rings. The van der Waals surface area contributed by atoms with Crippen molar-refractivity contribution in [2.24, 2.45) is 11.8 Å². The van der Waals surface area contributed by atoms with E-state index in [1.54, 1.807) is 6.92 Å². The third kappa shape index (κ3) is 44.4. The fourth-order valence-electron chi connectivity index (χ4n) is 7.77. The molecule has 0 radical (unpaired) electrons. The molecule has 1 aliphatic heterocycles. The van der Waals surface area contributed by atoms with Crippen LogP contribution in [-0.2, 0) is 28.6 Å². The molecule has 2 atom stereocenters. The van der Waals surface area contributed by atoms with Gasteiger partial charge in [0.05, 0.1) is 25.6 Å². The topological polar surface area (TPSA) is 94.2 Å². The Kier molecular flexibility index (Phi) is 45.4. The summed E-state index contributed by atoms with van der Waals surface area (Å²) in [6.45, 7) is 20.6. The number of allylic oxidation sites excluding steroid dienone is 5. The molecule has 0 aromatic carbocycles. The second-order valence-electron chi connectivity index (χ2n) is 18.3. The zero-order chi connectivity index (χ0) is 46.3. The molecule has 0 aromatic rings. The van der Waals surface area contributed by atoms with Gasteiger partial charge in [-0.3, -0.25) is 14.4 Å². The predicted octanol–water partition coefficient (Wildman–Crippen LogP) is 14.9. The average Bonchev–Trinajstić information content (AvgIpc) is 3.81. The molecule has 1 aliphatic rings. The summed E-state index contributed by atoms with van der Waals surface area (Å²) in [6, 6.07) is 0. The van der Waals surface area contributed by atoms with Gasteiger partial charge in [0.15, 0.2) is 0 Å². The van der Waals surface area contributed by atoms with Crippen LogP contribution in [-0.4, -0.2) is 68.7 Å². The lowest BCUT2D eigenvalue weighted by atomic mass is 9.96. The molecule has 1 rings (SSSR count). The Morgan fingerprint density at radius 2 is 1.03 bits per heavy atom. The lowest BCUT2D eigenvalue weighted by Gasteiger charge is -2.17. The molecule has 0 bridgehead atoms. The smallest absolute Gasteiger partial charge is 0.305 e. The third-order valence-corrected chi connectivity index (χ3v) is 12.1. The first kappa shape index (κ1) is 60.4. The van der Waals surface area contributed by atoms with Crippen LogP contribution >= 0.6 is 0 Å². The van der Waals surface area contributed by atoms with Crippen molar-refractivity contribution in [2.45, 2.75) is 240 Å². The number of hydrogen-bond acceptors (Lipinski definition) is 7. The van der Waals surface area contributed by atoms with E-state index in [0.717, 1.165) is 89.5 Å². The second-order valence-corrected chi connectivity index (χ2v) is 18.3. The SMILES string of the molecule is C=C(CCCCCCC/C=C\C/C=C\CCCCC)OCC(CC)COC(=O)CCCCCCCCC(=O)OCC(CCCC)CCCCCC.CC(=O)NCCCN1CCCC1. The van der Waals surface area contributed by atoms with Crippen LogP contribution in [0.25, 0.3) is 0 Å². The standard InChI is InChI=1S/C46H84O5.C9H18N2O/c1-6-10-13-15-16-17-18-19-20-21-22-23-24-27-30-34-42(5)49-39-43(9-4)40-50-45(47)37-32-28-25-26-29-33-38-46(48)51-41-44(35-12-8-3)36-31-14-11-7-2;1-9(12)10-5-4-8-11-6-2-3-7-11/h16-17,19-20,43-44H,5-15,18,21-41H2,1-4H3;2-8H2,1H3,(H,10,12)/b17-16-,20-19-;. The highest BCUT2D eigenvalue weighted by atomic mass is 16.5. The molecule has 1 amide bonds. The van der Waals surface area contributed by atoms with Crippen LogP contribution in [0.15, 0.2) is 36.6 Å². The summed E-state index contributed by atoms with van der Waals surface area (Å²) in [7, 11) is 0. The van der Waals surface area contributed by atoms with Gasteiger partial charge in [0.25, 0.3) is 0 Å². The predicted molar refractivity (Wildman–Crippen MR) is 268 cm³/mol. The molecule has 0 spiro atoms. The molecule has 1 saturated heterocycles. The molecule has 0 aliphatic carbocycles. The van der Waals surface area contributed by atoms with Gasteiger partial charge in [-0.1, -0.05) is 155 Å². The van der Waals surface area contributed by atoms with Gasteiger partial charge in [0, 0.05) is 38.6 Å². The number of hydrogen-bond donors (Lipinski definition) is 1. The molecule has 1 N–H and O–H groups in total. The second kappa shape index (κ2) is 47.4. The number of unbranched alkanes of at least 4 members (excludes halogenated alkanes) is 17. The van der Waals surface area contributed by atoms with Crippen LogP contribution in [0.1, 0.15) is 240 Å². The van der Waals surface area contributed by atoms with Crippen LogP contribution in [0.2, 0.25) is 0 Å². The number of nitrogens with zero attached hydrogens (tertiary/aromatic N) is 1. The van der Waals surface area contributed by atoms with Gasteiger partial charge in [-0.25, -0.2) is 0 Å². The van der Waals surface area contributed by atoms with E-state index >= 15 is 0 Å². The van der Waals surface area contributed by atoms with Crippen LogP contribution in [0.5, 0.6) is 0 Å². The van der Waals surface area contributed by atoms with E-state index in [1.165, 1.54) is 135 Å². The quantitative estimate of drug-likeness (QED) is 0.0282. The minimum Gasteiger partial charge on any atom is -0.498 e. The molecule has 368 valence electrons. The van der Waals surface area contributed by atoms with Crippen LogP contribution in [0.4, 0.5) is 0 Å². The van der Waals surface area contributed by atoms with Crippen LogP contribution in [0, 0.1) is 11.8 Å². The molecule has 1 heterocycles. The first-order valence-corrected chi connectivity index (χ1v) is 26.6. The van der Waals surface area contributed by atoms with E-state index in [4.69, 9.17) is 14.2 Å². The van der Waals surface area contributed by atoms with Crippen LogP contribution in [0.3, 0.4) is 0 Å². The zero-order valence-electron chi connectivity index (χ0n) is 42.1. The summed E-state index contributed by atoms with van der Waals surface area (Å²) in [5.74, 6) is 1.51. The summed E-state index contributed by atoms with van der Waals surface area (Å²) in [5, 5.41) is 2.80. The highest BCUT2D eigenvalue weighted by molar-refractivity contribution is 5.72. The van der Waals surface area contributed by atoms with E-state index in [2.05, 4.69) is 68.8 Å². The van der Waals surface area contributed by atoms with Crippen molar-refractivity contribution in [1.29, 1.82) is 0 Å². The van der Waals surface area contributed by atoms with Gasteiger partial charge in [-0.15, -0.1) is 0 Å². The van der Waals surface area contributed by atoms with Gasteiger partial charge in [0.1, 0.15) is 0 Å². The first-order valence-electron chi connectivity index (χ1n) is 26.6. The van der Waals surface area contributed by atoms with Gasteiger partial charge >= 0.3 is 11.9 Å². The van der Waals surface area contributed by atoms with Gasteiger partial charge in [-0.05, 0) is 115 Å². The number of carbonyl (C=O) groups excluding carboxylic acids is 3. The lowest BCUT2D eigenvalue weighted by Crippen LogP contribution is -2.26. The first-order chi connectivity index (χ1) is 30.7. The van der Waals surface area contributed by atoms with Crippen molar-refractivity contribution < 1.29 is 28.6 Å². The van der Waals surface area contributed by atoms with Gasteiger partial charge in [0.2, 0.25) is 5.91 Å². The number of amides is 1. The lowest BCUT2D eigenvalue weighted by molar-refractivity contribution is -0.146. The van der Waals surface area contributed by atoms with Crippen LogP contribution < -0.4 is 5.32 Å². The molecule has 0 saturated carbocycles. The zero-order valence-corrected chi connectivity index (χ0v) is 42.1. The Labute approximate surface area is 390 Å². The van der Waals surface area contributed by atoms with Crippen molar-refractivity contribution in [3.05, 3.63) is 36.6 Å². The molecule has 8 heteroatoms. The molecular formula is C55H102N2O6. The Balaban J connectivity index is 0.00000273. The highest BCUT2D eigenvalue weighted by Gasteiger charge is 2.14. The number of rotatable bonds is 43. The summed E-state index contributed by atoms with van der Waals surface area (Å²) < 4.78 is 17.2. The molecular weight excluding hydrogens is 785 g/mol. The maximum Gasteiger partial charge on any atom is 0.305 e. The molecule has 63 heavy (non-hydrogen) atoms. The minimum absolute atomic E-state index is 0.0371. The van der Waals surface area contributed by atoms with Gasteiger partial charge in [-0.2, -0.15) is 0 Å². The van der Waals surface area contributed by atoms with E-state index in [-0.39, 0.29) is 23.8 Å². The summed E-state index contributed by atoms with van der Waals surface area (Å²) >= 11 is 0. The Morgan fingerprint density at radius 3 is 1.60 bits per heavy atom. The third-order valence-electron chi connectivity index (χ3n) is 12.1. The Morgan fingerprint density at radius 1 is 0.556 bits per heavy atom. The van der Waals surface area contributed by atoms with Crippen molar-refractivity contribution in [2.75, 3.05) is 46.0 Å². The minimum atomic E-state index is -0.109. The normalized spacial score (nSPS) is 13.8. The summed E-state index contributed by atoms with van der Waals surface area (Å²) in [5.41, 5.74) is 0. The number of nitrogens with one attached hydrogen (secondary N) is 1. The maximum absolute atomic E-state index is 12.3. The Hall–Kier alpha value is -2.61. The van der Waals surface area contributed by atoms with Crippen molar-refractivity contribution in [1.82, 2.24) is 10.2 Å². The molecule has 8 nitrogen and oxygen atoms in total. The van der Waals surface area contributed by atoms with E-state index in [9.17, 15) is 14.4 Å². The molecule has 2 unspecified atom stereocenters. The fourth-order valence-corrected chi connectivity index (χ4v) is 7.77. The van der Waals surface area contributed by atoms with E-state index < -0.39 is 0 Å². The largest absolute Gasteiger partial charge is 0.498 e. The number of esters is 2. The van der Waals surface area contributed by atoms with E-state index in [1.807, 2.05) is 0 Å². The highest BCUT2D eigenvalue weighted by Crippen LogP contribution is 2.19. The maximum atomic E-state index is 12.3.